The van der Waals surface area contributed by atoms with Crippen molar-refractivity contribution in [1.29, 1.82) is 0 Å². The first-order valence-corrected chi connectivity index (χ1v) is 4.33. The topological polar surface area (TPSA) is 91.7 Å². The Balaban J connectivity index is 4.46. The van der Waals surface area contributed by atoms with Crippen molar-refractivity contribution in [2.75, 3.05) is 0 Å². The van der Waals surface area contributed by atoms with E-state index in [4.69, 9.17) is 10.2 Å². The molecule has 1 unspecified atom stereocenters. The van der Waals surface area contributed by atoms with Gasteiger partial charge in [0.25, 0.3) is 0 Å². The molecule has 0 fully saturated rings. The van der Waals surface area contributed by atoms with Gasteiger partial charge >= 0.3 is 11.9 Å². The van der Waals surface area contributed by atoms with Gasteiger partial charge < -0.3 is 10.2 Å². The Morgan fingerprint density at radius 2 is 1.64 bits per heavy atom. The molecule has 0 bridgehead atoms. The van der Waals surface area contributed by atoms with Crippen molar-refractivity contribution in [3.8, 4) is 0 Å². The fraction of sp³-hybridized carbons (Fsp3) is 0.667. The number of hydrogen-bond donors (Lipinski definition) is 2. The molecule has 5 nitrogen and oxygen atoms in total. The van der Waals surface area contributed by atoms with Crippen molar-refractivity contribution in [3.63, 3.8) is 0 Å². The van der Waals surface area contributed by atoms with E-state index in [-0.39, 0.29) is 12.3 Å². The molecule has 80 valence electrons. The summed E-state index contributed by atoms with van der Waals surface area (Å²) in [5.74, 6) is -4.53. The van der Waals surface area contributed by atoms with Crippen LogP contribution in [0.1, 0.15) is 26.7 Å². The molecule has 0 amide bonds. The maximum atomic E-state index is 11.1. The van der Waals surface area contributed by atoms with E-state index in [1.165, 1.54) is 0 Å². The van der Waals surface area contributed by atoms with Crippen molar-refractivity contribution in [2.24, 2.45) is 11.8 Å². The molecule has 0 spiro atoms. The predicted octanol–water partition coefficient (Wildman–Crippen LogP) is 0.777. The first kappa shape index (κ1) is 12.6. The maximum Gasteiger partial charge on any atom is 0.372 e. The lowest BCUT2D eigenvalue weighted by atomic mass is 9.90. The van der Waals surface area contributed by atoms with Crippen LogP contribution in [-0.2, 0) is 14.4 Å². The van der Waals surface area contributed by atoms with Crippen molar-refractivity contribution in [1.82, 2.24) is 0 Å². The second kappa shape index (κ2) is 5.36. The predicted molar refractivity (Wildman–Crippen MR) is 47.8 cm³/mol. The van der Waals surface area contributed by atoms with E-state index in [2.05, 4.69) is 0 Å². The Bertz CT molecular complexity index is 244. The van der Waals surface area contributed by atoms with E-state index in [1.54, 1.807) is 0 Å². The fourth-order valence-electron chi connectivity index (χ4n) is 1.24. The number of carboxylic acids is 2. The SMILES string of the molecule is CC(C)CC(CC(=O)O)C(=O)C(=O)O. The van der Waals surface area contributed by atoms with Crippen molar-refractivity contribution < 1.29 is 24.6 Å². The second-order valence-electron chi connectivity index (χ2n) is 3.59. The summed E-state index contributed by atoms with van der Waals surface area (Å²) < 4.78 is 0. The van der Waals surface area contributed by atoms with Gasteiger partial charge in [-0.25, -0.2) is 4.79 Å². The molecule has 0 saturated heterocycles. The summed E-state index contributed by atoms with van der Waals surface area (Å²) in [6, 6.07) is 0. The van der Waals surface area contributed by atoms with Crippen molar-refractivity contribution in [3.05, 3.63) is 0 Å². The molecule has 14 heavy (non-hydrogen) atoms. The average Bonchev–Trinajstić information content (AvgIpc) is 1.99. The van der Waals surface area contributed by atoms with Gasteiger partial charge in [-0.05, 0) is 12.3 Å². The summed E-state index contributed by atoms with van der Waals surface area (Å²) in [6.45, 7) is 3.62. The van der Waals surface area contributed by atoms with E-state index in [1.807, 2.05) is 13.8 Å². The maximum absolute atomic E-state index is 11.1. The van der Waals surface area contributed by atoms with Crippen LogP contribution >= 0.6 is 0 Å². The van der Waals surface area contributed by atoms with Gasteiger partial charge in [0, 0.05) is 5.92 Å². The number of Topliss-reactive ketones (excluding diaryl/α,β-unsaturated/α-hetero) is 1. The summed E-state index contributed by atoms with van der Waals surface area (Å²) >= 11 is 0. The molecule has 0 aromatic rings. The van der Waals surface area contributed by atoms with Crippen LogP contribution in [0, 0.1) is 11.8 Å². The molecule has 5 heteroatoms. The van der Waals surface area contributed by atoms with Gasteiger partial charge in [0.2, 0.25) is 5.78 Å². The molecule has 1 atom stereocenters. The molecule has 0 aliphatic rings. The van der Waals surface area contributed by atoms with Crippen LogP contribution in [0.3, 0.4) is 0 Å². The van der Waals surface area contributed by atoms with E-state index in [0.29, 0.717) is 0 Å². The number of hydrogen-bond acceptors (Lipinski definition) is 3. The van der Waals surface area contributed by atoms with Crippen molar-refractivity contribution in [2.45, 2.75) is 26.7 Å². The van der Waals surface area contributed by atoms with Crippen LogP contribution in [0.15, 0.2) is 0 Å². The van der Waals surface area contributed by atoms with Crippen molar-refractivity contribution >= 4 is 17.7 Å². The summed E-state index contributed by atoms with van der Waals surface area (Å²) in [5.41, 5.74) is 0. The van der Waals surface area contributed by atoms with Gasteiger partial charge in [-0.15, -0.1) is 0 Å². The summed E-state index contributed by atoms with van der Waals surface area (Å²) in [5, 5.41) is 16.9. The Hall–Kier alpha value is -1.39. The number of ketones is 1. The first-order chi connectivity index (χ1) is 6.34. The monoisotopic (exact) mass is 202 g/mol. The molecule has 0 saturated carbocycles. The zero-order chi connectivity index (χ0) is 11.3. The van der Waals surface area contributed by atoms with Crippen LogP contribution in [0.25, 0.3) is 0 Å². The van der Waals surface area contributed by atoms with Gasteiger partial charge in [-0.2, -0.15) is 0 Å². The smallest absolute Gasteiger partial charge is 0.372 e. The fourth-order valence-corrected chi connectivity index (χ4v) is 1.24. The minimum absolute atomic E-state index is 0.0997. The summed E-state index contributed by atoms with van der Waals surface area (Å²) in [4.78, 5) is 31.8. The Morgan fingerprint density at radius 3 is 1.93 bits per heavy atom. The molecule has 0 aromatic carbocycles. The Kier molecular flexibility index (Phi) is 4.83. The zero-order valence-corrected chi connectivity index (χ0v) is 8.19. The lowest BCUT2D eigenvalue weighted by molar-refractivity contribution is -0.152. The largest absolute Gasteiger partial charge is 0.481 e. The van der Waals surface area contributed by atoms with Gasteiger partial charge in [-0.3, -0.25) is 9.59 Å². The van der Waals surface area contributed by atoms with Gasteiger partial charge in [0.1, 0.15) is 0 Å². The van der Waals surface area contributed by atoms with Gasteiger partial charge in [0.15, 0.2) is 0 Å². The van der Waals surface area contributed by atoms with E-state index < -0.39 is 30.1 Å². The average molecular weight is 202 g/mol. The molecule has 0 aromatic heterocycles. The third kappa shape index (κ3) is 4.59. The molecule has 0 aliphatic heterocycles. The van der Waals surface area contributed by atoms with Crippen LogP contribution < -0.4 is 0 Å². The van der Waals surface area contributed by atoms with E-state index >= 15 is 0 Å². The normalized spacial score (nSPS) is 12.5. The standard InChI is InChI=1S/C9H14O5/c1-5(2)3-6(4-7(10)11)8(12)9(13)14/h5-6H,3-4H2,1-2H3,(H,10,11)(H,13,14). The lowest BCUT2D eigenvalue weighted by Crippen LogP contribution is -2.26. The van der Waals surface area contributed by atoms with E-state index in [0.717, 1.165) is 0 Å². The Morgan fingerprint density at radius 1 is 1.14 bits per heavy atom. The number of carbonyl (C=O) groups is 3. The van der Waals surface area contributed by atoms with Crippen LogP contribution in [0.2, 0.25) is 0 Å². The summed E-state index contributed by atoms with van der Waals surface area (Å²) in [7, 11) is 0. The highest BCUT2D eigenvalue weighted by Gasteiger charge is 2.27. The minimum atomic E-state index is -1.56. The second-order valence-corrected chi connectivity index (χ2v) is 3.59. The highest BCUT2D eigenvalue weighted by Crippen LogP contribution is 2.16. The molecule has 0 radical (unpaired) electrons. The molecule has 2 N–H and O–H groups in total. The van der Waals surface area contributed by atoms with Crippen LogP contribution in [0.5, 0.6) is 0 Å². The first-order valence-electron chi connectivity index (χ1n) is 4.33. The molecule has 0 heterocycles. The quantitative estimate of drug-likeness (QED) is 0.621. The van der Waals surface area contributed by atoms with Crippen LogP contribution in [0.4, 0.5) is 0 Å². The van der Waals surface area contributed by atoms with E-state index in [9.17, 15) is 14.4 Å². The number of carbonyl (C=O) groups excluding carboxylic acids is 1. The Labute approximate surface area is 81.7 Å². The molecular formula is C9H14O5. The highest BCUT2D eigenvalue weighted by molar-refractivity contribution is 6.33. The lowest BCUT2D eigenvalue weighted by Gasteiger charge is -2.13. The highest BCUT2D eigenvalue weighted by atomic mass is 16.4. The third-order valence-electron chi connectivity index (χ3n) is 1.76. The number of carboxylic acid groups (broad SMARTS) is 2. The number of aliphatic carboxylic acids is 2. The number of rotatable bonds is 6. The molecular weight excluding hydrogens is 188 g/mol. The van der Waals surface area contributed by atoms with Gasteiger partial charge in [0.05, 0.1) is 6.42 Å². The zero-order valence-electron chi connectivity index (χ0n) is 8.19. The van der Waals surface area contributed by atoms with Gasteiger partial charge in [-0.1, -0.05) is 13.8 Å². The molecule has 0 rings (SSSR count). The molecule has 0 aliphatic carbocycles. The van der Waals surface area contributed by atoms with Crippen LogP contribution in [-0.4, -0.2) is 27.9 Å². The minimum Gasteiger partial charge on any atom is -0.481 e. The third-order valence-corrected chi connectivity index (χ3v) is 1.76. The summed E-state index contributed by atoms with van der Waals surface area (Å²) in [6.07, 6.45) is -0.124.